The highest BCUT2D eigenvalue weighted by molar-refractivity contribution is 9.09. The molecule has 3 N–H and O–H groups in total. The van der Waals surface area contributed by atoms with Crippen molar-refractivity contribution in [1.82, 2.24) is 5.32 Å². The molecule has 1 aromatic carbocycles. The summed E-state index contributed by atoms with van der Waals surface area (Å²) >= 11 is 3.16. The number of aromatic hydroxyl groups is 2. The Kier molecular flexibility index (Phi) is 3.76. The Morgan fingerprint density at radius 1 is 1.43 bits per heavy atom. The average Bonchev–Trinajstić information content (AvgIpc) is 2.18. The lowest BCUT2D eigenvalue weighted by Crippen LogP contribution is -2.25. The summed E-state index contributed by atoms with van der Waals surface area (Å²) < 4.78 is 0. The van der Waals surface area contributed by atoms with Crippen molar-refractivity contribution in [3.63, 3.8) is 0 Å². The van der Waals surface area contributed by atoms with Crippen molar-refractivity contribution in [1.29, 1.82) is 0 Å². The number of para-hydroxylation sites is 1. The van der Waals surface area contributed by atoms with E-state index < -0.39 is 5.91 Å². The van der Waals surface area contributed by atoms with Gasteiger partial charge in [0.15, 0.2) is 11.5 Å². The first-order valence-corrected chi connectivity index (χ1v) is 5.14. The molecule has 0 spiro atoms. The SMILES string of the molecule is O=C(NCCBr)c1cccc(O)c1O. The minimum atomic E-state index is -0.405. The van der Waals surface area contributed by atoms with Crippen LogP contribution < -0.4 is 5.32 Å². The number of phenols is 2. The smallest absolute Gasteiger partial charge is 0.255 e. The van der Waals surface area contributed by atoms with Gasteiger partial charge in [-0.1, -0.05) is 22.0 Å². The number of alkyl halides is 1. The van der Waals surface area contributed by atoms with Crippen LogP contribution in [-0.2, 0) is 0 Å². The van der Waals surface area contributed by atoms with Crippen LogP contribution in [0.25, 0.3) is 0 Å². The number of amides is 1. The molecule has 0 aliphatic rings. The van der Waals surface area contributed by atoms with E-state index in [2.05, 4.69) is 21.2 Å². The van der Waals surface area contributed by atoms with Crippen molar-refractivity contribution in [2.45, 2.75) is 0 Å². The topological polar surface area (TPSA) is 69.6 Å². The fourth-order valence-corrected chi connectivity index (χ4v) is 1.17. The van der Waals surface area contributed by atoms with Gasteiger partial charge in [0.1, 0.15) is 0 Å². The second-order valence-corrected chi connectivity index (χ2v) is 3.41. The van der Waals surface area contributed by atoms with Crippen LogP contribution in [0.2, 0.25) is 0 Å². The van der Waals surface area contributed by atoms with Crippen molar-refractivity contribution < 1.29 is 15.0 Å². The Morgan fingerprint density at radius 3 is 2.79 bits per heavy atom. The molecule has 1 aromatic rings. The van der Waals surface area contributed by atoms with Gasteiger partial charge in [0.05, 0.1) is 5.56 Å². The Balaban J connectivity index is 2.84. The number of rotatable bonds is 3. The van der Waals surface area contributed by atoms with E-state index in [1.54, 1.807) is 0 Å². The molecule has 5 heteroatoms. The molecule has 0 aliphatic carbocycles. The minimum absolute atomic E-state index is 0.0750. The molecule has 4 nitrogen and oxygen atoms in total. The summed E-state index contributed by atoms with van der Waals surface area (Å²) in [6.07, 6.45) is 0. The Labute approximate surface area is 89.7 Å². The normalized spacial score (nSPS) is 9.79. The number of carbonyl (C=O) groups excluding carboxylic acids is 1. The molecule has 0 aliphatic heterocycles. The molecule has 14 heavy (non-hydrogen) atoms. The van der Waals surface area contributed by atoms with Gasteiger partial charge in [-0.05, 0) is 12.1 Å². The highest BCUT2D eigenvalue weighted by atomic mass is 79.9. The molecule has 1 amide bonds. The van der Waals surface area contributed by atoms with Crippen LogP contribution >= 0.6 is 15.9 Å². The molecule has 0 heterocycles. The average molecular weight is 260 g/mol. The van der Waals surface area contributed by atoms with E-state index in [1.165, 1.54) is 18.2 Å². The van der Waals surface area contributed by atoms with Crippen LogP contribution in [0.1, 0.15) is 10.4 Å². The Hall–Kier alpha value is -1.23. The zero-order valence-corrected chi connectivity index (χ0v) is 8.91. The Morgan fingerprint density at radius 2 is 2.14 bits per heavy atom. The number of benzene rings is 1. The molecular formula is C9H10BrNO3. The van der Waals surface area contributed by atoms with E-state index in [-0.39, 0.29) is 17.1 Å². The van der Waals surface area contributed by atoms with E-state index in [9.17, 15) is 9.90 Å². The number of hydrogen-bond acceptors (Lipinski definition) is 3. The number of phenolic OH excluding ortho intramolecular Hbond substituents is 2. The summed E-state index contributed by atoms with van der Waals surface area (Å²) in [5.74, 6) is -1.09. The molecule has 0 radical (unpaired) electrons. The van der Waals surface area contributed by atoms with E-state index >= 15 is 0 Å². The predicted molar refractivity (Wildman–Crippen MR) is 55.9 cm³/mol. The van der Waals surface area contributed by atoms with Crippen molar-refractivity contribution in [3.05, 3.63) is 23.8 Å². The maximum Gasteiger partial charge on any atom is 0.255 e. The van der Waals surface area contributed by atoms with Gasteiger partial charge in [-0.25, -0.2) is 0 Å². The monoisotopic (exact) mass is 259 g/mol. The van der Waals surface area contributed by atoms with Crippen molar-refractivity contribution in [2.75, 3.05) is 11.9 Å². The van der Waals surface area contributed by atoms with Crippen LogP contribution in [-0.4, -0.2) is 28.0 Å². The first kappa shape index (κ1) is 10.8. The number of nitrogens with one attached hydrogen (secondary N) is 1. The standard InChI is InChI=1S/C9H10BrNO3/c10-4-5-11-9(14)6-2-1-3-7(12)8(6)13/h1-3,12-13H,4-5H2,(H,11,14). The molecular weight excluding hydrogens is 250 g/mol. The van der Waals surface area contributed by atoms with Gasteiger partial charge < -0.3 is 15.5 Å². The molecule has 0 saturated heterocycles. The van der Waals surface area contributed by atoms with Crippen LogP contribution in [0, 0.1) is 0 Å². The quantitative estimate of drug-likeness (QED) is 0.565. The minimum Gasteiger partial charge on any atom is -0.504 e. The number of hydrogen-bond donors (Lipinski definition) is 3. The highest BCUT2D eigenvalue weighted by Crippen LogP contribution is 2.27. The van der Waals surface area contributed by atoms with Crippen molar-refractivity contribution in [2.24, 2.45) is 0 Å². The van der Waals surface area contributed by atoms with Gasteiger partial charge in [0, 0.05) is 11.9 Å². The third-order valence-electron chi connectivity index (χ3n) is 1.64. The molecule has 1 rings (SSSR count). The molecule has 76 valence electrons. The van der Waals surface area contributed by atoms with Crippen LogP contribution in [0.5, 0.6) is 11.5 Å². The fourth-order valence-electron chi connectivity index (χ4n) is 0.971. The second-order valence-electron chi connectivity index (χ2n) is 2.62. The summed E-state index contributed by atoms with van der Waals surface area (Å²) in [4.78, 5) is 11.4. The van der Waals surface area contributed by atoms with Crippen LogP contribution in [0.3, 0.4) is 0 Å². The molecule has 0 unspecified atom stereocenters. The predicted octanol–water partition coefficient (Wildman–Crippen LogP) is 1.22. The second kappa shape index (κ2) is 4.85. The third kappa shape index (κ3) is 2.38. The molecule has 0 fully saturated rings. The summed E-state index contributed by atoms with van der Waals surface area (Å²) in [5, 5.41) is 21.7. The molecule has 0 bridgehead atoms. The maximum absolute atomic E-state index is 11.4. The van der Waals surface area contributed by atoms with Crippen molar-refractivity contribution in [3.8, 4) is 11.5 Å². The van der Waals surface area contributed by atoms with E-state index in [4.69, 9.17) is 5.11 Å². The fraction of sp³-hybridized carbons (Fsp3) is 0.222. The summed E-state index contributed by atoms with van der Waals surface area (Å²) in [5.41, 5.74) is 0.0750. The van der Waals surface area contributed by atoms with E-state index in [0.29, 0.717) is 11.9 Å². The first-order valence-electron chi connectivity index (χ1n) is 4.02. The van der Waals surface area contributed by atoms with Crippen LogP contribution in [0.4, 0.5) is 0 Å². The van der Waals surface area contributed by atoms with Gasteiger partial charge in [-0.2, -0.15) is 0 Å². The lowest BCUT2D eigenvalue weighted by atomic mass is 10.2. The van der Waals surface area contributed by atoms with Gasteiger partial charge >= 0.3 is 0 Å². The number of halogens is 1. The van der Waals surface area contributed by atoms with Gasteiger partial charge in [0.25, 0.3) is 5.91 Å². The lowest BCUT2D eigenvalue weighted by Gasteiger charge is -2.05. The largest absolute Gasteiger partial charge is 0.504 e. The molecule has 0 atom stereocenters. The van der Waals surface area contributed by atoms with Gasteiger partial charge in [-0.15, -0.1) is 0 Å². The molecule has 0 saturated carbocycles. The van der Waals surface area contributed by atoms with E-state index in [0.717, 1.165) is 0 Å². The van der Waals surface area contributed by atoms with E-state index in [1.807, 2.05) is 0 Å². The maximum atomic E-state index is 11.4. The summed E-state index contributed by atoms with van der Waals surface area (Å²) in [7, 11) is 0. The van der Waals surface area contributed by atoms with Gasteiger partial charge in [0.2, 0.25) is 0 Å². The Bertz CT molecular complexity index is 341. The number of carbonyl (C=O) groups is 1. The molecule has 0 aromatic heterocycles. The first-order chi connectivity index (χ1) is 6.66. The zero-order chi connectivity index (χ0) is 10.6. The van der Waals surface area contributed by atoms with Gasteiger partial charge in [-0.3, -0.25) is 4.79 Å². The lowest BCUT2D eigenvalue weighted by molar-refractivity contribution is 0.0953. The summed E-state index contributed by atoms with van der Waals surface area (Å²) in [6.45, 7) is 0.466. The van der Waals surface area contributed by atoms with Crippen molar-refractivity contribution >= 4 is 21.8 Å². The zero-order valence-electron chi connectivity index (χ0n) is 7.33. The third-order valence-corrected chi connectivity index (χ3v) is 2.04. The summed E-state index contributed by atoms with van der Waals surface area (Å²) in [6, 6.07) is 4.26. The highest BCUT2D eigenvalue weighted by Gasteiger charge is 2.12. The van der Waals surface area contributed by atoms with Crippen LogP contribution in [0.15, 0.2) is 18.2 Å².